The molecule has 0 aromatic rings. The van der Waals surface area contributed by atoms with Crippen LogP contribution in [-0.2, 0) is 4.74 Å². The third-order valence-electron chi connectivity index (χ3n) is 1.32. The Balaban J connectivity index is 4.13. The Labute approximate surface area is 80.8 Å². The van der Waals surface area contributed by atoms with Gasteiger partial charge in [-0.15, -0.1) is 0 Å². The van der Waals surface area contributed by atoms with Gasteiger partial charge in [0.25, 0.3) is 0 Å². The Hall–Kier alpha value is -0.213. The molecule has 3 heteroatoms. The number of halogens is 1. The van der Waals surface area contributed by atoms with Crippen LogP contribution in [0.2, 0.25) is 13.1 Å². The molecule has 0 heterocycles. The van der Waals surface area contributed by atoms with E-state index >= 15 is 0 Å². The van der Waals surface area contributed by atoms with Gasteiger partial charge in [0.2, 0.25) is 7.38 Å². The van der Waals surface area contributed by atoms with Crippen LogP contribution >= 0.6 is 11.1 Å². The second-order valence-corrected chi connectivity index (χ2v) is 9.64. The standard InChI is InChI=1S/C9H17ClOSi/c1-6-9(12(4,5)10)11-7-8(2)3/h6H,2,7H2,1,3-5H3/b9-6-. The highest BCUT2D eigenvalue weighted by molar-refractivity contribution is 7.22. The van der Waals surface area contributed by atoms with Crippen LogP contribution in [0.25, 0.3) is 0 Å². The second-order valence-electron chi connectivity index (χ2n) is 3.37. The summed E-state index contributed by atoms with van der Waals surface area (Å²) in [7, 11) is -1.78. The molecule has 0 fully saturated rings. The van der Waals surface area contributed by atoms with E-state index in [-0.39, 0.29) is 0 Å². The monoisotopic (exact) mass is 204 g/mol. The fraction of sp³-hybridized carbons (Fsp3) is 0.556. The lowest BCUT2D eigenvalue weighted by molar-refractivity contribution is 0.262. The number of allylic oxidation sites excluding steroid dienone is 1. The summed E-state index contributed by atoms with van der Waals surface area (Å²) in [5, 5.41) is 0.937. The molecule has 12 heavy (non-hydrogen) atoms. The Morgan fingerprint density at radius 1 is 1.58 bits per heavy atom. The normalized spacial score (nSPS) is 12.9. The van der Waals surface area contributed by atoms with E-state index in [0.29, 0.717) is 6.61 Å². The van der Waals surface area contributed by atoms with Crippen molar-refractivity contribution in [1.29, 1.82) is 0 Å². The van der Waals surface area contributed by atoms with Crippen molar-refractivity contribution < 1.29 is 4.74 Å². The van der Waals surface area contributed by atoms with Crippen molar-refractivity contribution in [3.8, 4) is 0 Å². The van der Waals surface area contributed by atoms with Crippen LogP contribution < -0.4 is 0 Å². The first-order chi connectivity index (χ1) is 5.38. The van der Waals surface area contributed by atoms with Gasteiger partial charge in [-0.2, -0.15) is 11.1 Å². The summed E-state index contributed by atoms with van der Waals surface area (Å²) >= 11 is 6.20. The maximum absolute atomic E-state index is 6.20. The minimum absolute atomic E-state index is 0.572. The molecule has 0 saturated carbocycles. The Kier molecular flexibility index (Phi) is 4.64. The minimum atomic E-state index is -1.78. The largest absolute Gasteiger partial charge is 0.498 e. The topological polar surface area (TPSA) is 9.23 Å². The molecule has 0 aliphatic heterocycles. The SMILES string of the molecule is C=C(C)CO/C(=C/C)[Si](C)(C)Cl. The van der Waals surface area contributed by atoms with Crippen LogP contribution in [0.1, 0.15) is 13.8 Å². The predicted molar refractivity (Wildman–Crippen MR) is 57.9 cm³/mol. The average molecular weight is 205 g/mol. The molecule has 0 spiro atoms. The highest BCUT2D eigenvalue weighted by atomic mass is 35.6. The van der Waals surface area contributed by atoms with Gasteiger partial charge in [0.15, 0.2) is 0 Å². The van der Waals surface area contributed by atoms with E-state index in [1.54, 1.807) is 0 Å². The fourth-order valence-corrected chi connectivity index (χ4v) is 2.39. The van der Waals surface area contributed by atoms with E-state index in [1.807, 2.05) is 33.0 Å². The highest BCUT2D eigenvalue weighted by Crippen LogP contribution is 2.20. The zero-order valence-electron chi connectivity index (χ0n) is 8.28. The molecule has 1 nitrogen and oxygen atoms in total. The zero-order valence-corrected chi connectivity index (χ0v) is 10.0. The molecule has 0 N–H and O–H groups in total. The van der Waals surface area contributed by atoms with Gasteiger partial charge in [-0.3, -0.25) is 0 Å². The van der Waals surface area contributed by atoms with Crippen LogP contribution in [0.15, 0.2) is 23.6 Å². The van der Waals surface area contributed by atoms with Gasteiger partial charge in [-0.05, 0) is 32.5 Å². The van der Waals surface area contributed by atoms with Crippen LogP contribution in [-0.4, -0.2) is 14.0 Å². The van der Waals surface area contributed by atoms with Crippen molar-refractivity contribution in [2.24, 2.45) is 0 Å². The molecule has 0 rings (SSSR count). The van der Waals surface area contributed by atoms with Crippen molar-refractivity contribution in [3.63, 3.8) is 0 Å². The van der Waals surface area contributed by atoms with E-state index in [1.165, 1.54) is 0 Å². The van der Waals surface area contributed by atoms with Crippen molar-refractivity contribution in [1.82, 2.24) is 0 Å². The quantitative estimate of drug-likeness (QED) is 0.295. The van der Waals surface area contributed by atoms with Gasteiger partial charge < -0.3 is 4.74 Å². The first-order valence-corrected chi connectivity index (χ1v) is 8.02. The van der Waals surface area contributed by atoms with Gasteiger partial charge in [-0.25, -0.2) is 0 Å². The van der Waals surface area contributed by atoms with Crippen molar-refractivity contribution in [2.45, 2.75) is 26.9 Å². The molecule has 0 aliphatic carbocycles. The lowest BCUT2D eigenvalue weighted by Crippen LogP contribution is -2.23. The predicted octanol–water partition coefficient (Wildman–Crippen LogP) is 3.47. The van der Waals surface area contributed by atoms with Gasteiger partial charge >= 0.3 is 0 Å². The number of hydrogen-bond acceptors (Lipinski definition) is 1. The zero-order chi connectivity index (χ0) is 9.78. The molecule has 0 saturated heterocycles. The van der Waals surface area contributed by atoms with Crippen LogP contribution in [0.4, 0.5) is 0 Å². The van der Waals surface area contributed by atoms with Crippen molar-refractivity contribution in [3.05, 3.63) is 23.6 Å². The molecular weight excluding hydrogens is 188 g/mol. The number of rotatable bonds is 4. The summed E-state index contributed by atoms with van der Waals surface area (Å²) in [5.41, 5.74) is 1.02. The highest BCUT2D eigenvalue weighted by Gasteiger charge is 2.24. The first kappa shape index (κ1) is 11.8. The molecular formula is C9H17ClOSi. The summed E-state index contributed by atoms with van der Waals surface area (Å²) in [6.07, 6.45) is 1.95. The van der Waals surface area contributed by atoms with Crippen molar-refractivity contribution in [2.75, 3.05) is 6.61 Å². The van der Waals surface area contributed by atoms with Crippen LogP contribution in [0.3, 0.4) is 0 Å². The summed E-state index contributed by atoms with van der Waals surface area (Å²) in [5.74, 6) is 0. The molecule has 70 valence electrons. The molecule has 0 aliphatic rings. The van der Waals surface area contributed by atoms with E-state index in [9.17, 15) is 0 Å². The first-order valence-electron chi connectivity index (χ1n) is 4.00. The van der Waals surface area contributed by atoms with Crippen LogP contribution in [0, 0.1) is 0 Å². The molecule has 0 unspecified atom stereocenters. The molecule has 0 amide bonds. The lowest BCUT2D eigenvalue weighted by Gasteiger charge is -2.18. The molecule has 0 atom stereocenters. The Morgan fingerprint density at radius 2 is 2.08 bits per heavy atom. The summed E-state index contributed by atoms with van der Waals surface area (Å²) in [6.45, 7) is 12.3. The minimum Gasteiger partial charge on any atom is -0.498 e. The van der Waals surface area contributed by atoms with Crippen molar-refractivity contribution >= 4 is 18.5 Å². The molecule has 0 bridgehead atoms. The summed E-state index contributed by atoms with van der Waals surface area (Å²) in [4.78, 5) is 0. The van der Waals surface area contributed by atoms with E-state index in [0.717, 1.165) is 11.0 Å². The molecule has 0 aromatic carbocycles. The molecule has 0 radical (unpaired) electrons. The third-order valence-corrected chi connectivity index (χ3v) is 3.49. The van der Waals surface area contributed by atoms with Crippen LogP contribution in [0.5, 0.6) is 0 Å². The third kappa shape index (κ3) is 4.62. The second kappa shape index (κ2) is 4.73. The van der Waals surface area contributed by atoms with Gasteiger partial charge in [-0.1, -0.05) is 12.7 Å². The van der Waals surface area contributed by atoms with Gasteiger partial charge in [0.1, 0.15) is 6.61 Å². The smallest absolute Gasteiger partial charge is 0.222 e. The lowest BCUT2D eigenvalue weighted by atomic mass is 10.4. The number of ether oxygens (including phenoxy) is 1. The Bertz CT molecular complexity index is 191. The van der Waals surface area contributed by atoms with Gasteiger partial charge in [0.05, 0.1) is 5.38 Å². The van der Waals surface area contributed by atoms with E-state index < -0.39 is 7.38 Å². The van der Waals surface area contributed by atoms with E-state index in [4.69, 9.17) is 15.8 Å². The summed E-state index contributed by atoms with van der Waals surface area (Å²) < 4.78 is 5.51. The molecule has 0 aromatic heterocycles. The summed E-state index contributed by atoms with van der Waals surface area (Å²) in [6, 6.07) is 0. The number of hydrogen-bond donors (Lipinski definition) is 0. The maximum atomic E-state index is 6.20. The van der Waals surface area contributed by atoms with Gasteiger partial charge in [0, 0.05) is 0 Å². The Morgan fingerprint density at radius 3 is 2.33 bits per heavy atom. The fourth-order valence-electron chi connectivity index (χ4n) is 0.799. The van der Waals surface area contributed by atoms with E-state index in [2.05, 4.69) is 6.58 Å². The maximum Gasteiger partial charge on any atom is 0.222 e. The average Bonchev–Trinajstić information content (AvgIpc) is 1.85.